The molecule has 6 nitrogen and oxygen atoms in total. The molecule has 0 saturated carbocycles. The van der Waals surface area contributed by atoms with Gasteiger partial charge in [0.05, 0.1) is 13.1 Å². The lowest BCUT2D eigenvalue weighted by atomic mass is 10.1. The lowest BCUT2D eigenvalue weighted by molar-refractivity contribution is -0.119. The summed E-state index contributed by atoms with van der Waals surface area (Å²) in [5, 5.41) is 0.567. The van der Waals surface area contributed by atoms with Crippen LogP contribution in [0.1, 0.15) is 27.0 Å². The molecule has 5 rings (SSSR count). The number of carbonyl (C=O) groups is 2. The van der Waals surface area contributed by atoms with E-state index in [0.717, 1.165) is 41.3 Å². The summed E-state index contributed by atoms with van der Waals surface area (Å²) in [6.45, 7) is 2.50. The van der Waals surface area contributed by atoms with Crippen molar-refractivity contribution in [3.05, 3.63) is 100 Å². The fourth-order valence-corrected chi connectivity index (χ4v) is 4.61. The predicted molar refractivity (Wildman–Crippen MR) is 134 cm³/mol. The van der Waals surface area contributed by atoms with Crippen LogP contribution in [0.15, 0.2) is 77.8 Å². The number of para-hydroxylation sites is 1. The van der Waals surface area contributed by atoms with Gasteiger partial charge in [0.1, 0.15) is 12.4 Å². The second kappa shape index (κ2) is 9.31. The molecule has 0 bridgehead atoms. The fraction of sp³-hybridized carbons (Fsp3) is 0.222. The predicted octanol–water partition coefficient (Wildman–Crippen LogP) is 4.22. The van der Waals surface area contributed by atoms with Gasteiger partial charge in [-0.3, -0.25) is 14.6 Å². The van der Waals surface area contributed by atoms with E-state index in [4.69, 9.17) is 11.6 Å². The summed E-state index contributed by atoms with van der Waals surface area (Å²) in [6.07, 6.45) is 0. The molecular formula is C27H25ClN4O2. The molecule has 0 aromatic heterocycles. The minimum Gasteiger partial charge on any atom is -0.358 e. The summed E-state index contributed by atoms with van der Waals surface area (Å²) >= 11 is 5.98. The van der Waals surface area contributed by atoms with Gasteiger partial charge in [0, 0.05) is 42.0 Å². The Labute approximate surface area is 204 Å². The minimum atomic E-state index is -0.189. The first kappa shape index (κ1) is 22.2. The number of hydrogen-bond donors (Lipinski definition) is 0. The van der Waals surface area contributed by atoms with E-state index >= 15 is 0 Å². The largest absolute Gasteiger partial charge is 0.358 e. The molecule has 2 amide bonds. The Morgan fingerprint density at radius 2 is 1.79 bits per heavy atom. The van der Waals surface area contributed by atoms with Crippen molar-refractivity contribution >= 4 is 34.9 Å². The Hall–Kier alpha value is -3.64. The zero-order valence-corrected chi connectivity index (χ0v) is 19.7. The number of anilines is 1. The number of halogens is 1. The van der Waals surface area contributed by atoms with Crippen molar-refractivity contribution in [2.75, 3.05) is 31.6 Å². The smallest absolute Gasteiger partial charge is 0.254 e. The van der Waals surface area contributed by atoms with E-state index in [1.54, 1.807) is 34.1 Å². The van der Waals surface area contributed by atoms with Crippen molar-refractivity contribution < 1.29 is 9.59 Å². The quantitative estimate of drug-likeness (QED) is 0.571. The van der Waals surface area contributed by atoms with Gasteiger partial charge in [0.2, 0.25) is 5.91 Å². The van der Waals surface area contributed by atoms with Crippen molar-refractivity contribution in [1.82, 2.24) is 9.80 Å². The van der Waals surface area contributed by atoms with E-state index in [1.165, 1.54) is 0 Å². The average molecular weight is 473 g/mol. The number of rotatable bonds is 4. The van der Waals surface area contributed by atoms with Crippen LogP contribution in [0.25, 0.3) is 0 Å². The van der Waals surface area contributed by atoms with Crippen LogP contribution < -0.4 is 4.90 Å². The Morgan fingerprint density at radius 3 is 2.56 bits per heavy atom. The van der Waals surface area contributed by atoms with E-state index in [2.05, 4.69) is 22.0 Å². The highest BCUT2D eigenvalue weighted by Gasteiger charge is 2.29. The Balaban J connectivity index is 1.43. The molecular weight excluding hydrogens is 448 g/mol. The topological polar surface area (TPSA) is 56.2 Å². The normalized spacial score (nSPS) is 15.8. The second-order valence-corrected chi connectivity index (χ2v) is 9.04. The van der Waals surface area contributed by atoms with E-state index < -0.39 is 0 Å². The van der Waals surface area contributed by atoms with Gasteiger partial charge in [0.25, 0.3) is 5.91 Å². The van der Waals surface area contributed by atoms with Gasteiger partial charge >= 0.3 is 0 Å². The molecule has 3 aromatic rings. The molecule has 0 N–H and O–H groups in total. The maximum absolute atomic E-state index is 13.5. The summed E-state index contributed by atoms with van der Waals surface area (Å²) in [5.74, 6) is 0.670. The number of aliphatic imine (C=N–C) groups is 1. The first-order chi connectivity index (χ1) is 16.5. The third-order valence-corrected chi connectivity index (χ3v) is 6.49. The lowest BCUT2D eigenvalue weighted by Gasteiger charge is -2.24. The van der Waals surface area contributed by atoms with Crippen molar-refractivity contribution in [3.8, 4) is 0 Å². The molecule has 172 valence electrons. The monoisotopic (exact) mass is 472 g/mol. The summed E-state index contributed by atoms with van der Waals surface area (Å²) in [6, 6.07) is 22.7. The fourth-order valence-electron chi connectivity index (χ4n) is 4.48. The molecule has 2 aliphatic rings. The first-order valence-electron chi connectivity index (χ1n) is 11.3. The number of amides is 2. The molecule has 0 spiro atoms. The average Bonchev–Trinajstić information content (AvgIpc) is 3.22. The third kappa shape index (κ3) is 4.41. The van der Waals surface area contributed by atoms with E-state index in [1.807, 2.05) is 43.4 Å². The van der Waals surface area contributed by atoms with Crippen LogP contribution in [0, 0.1) is 0 Å². The zero-order valence-electron chi connectivity index (χ0n) is 18.9. The van der Waals surface area contributed by atoms with Gasteiger partial charge < -0.3 is 14.7 Å². The second-order valence-electron chi connectivity index (χ2n) is 8.60. The molecule has 0 fully saturated rings. The van der Waals surface area contributed by atoms with Gasteiger partial charge in [0.15, 0.2) is 0 Å². The van der Waals surface area contributed by atoms with Crippen molar-refractivity contribution in [3.63, 3.8) is 0 Å². The Kier molecular flexibility index (Phi) is 6.07. The molecule has 34 heavy (non-hydrogen) atoms. The summed E-state index contributed by atoms with van der Waals surface area (Å²) in [7, 11) is 2.04. The van der Waals surface area contributed by atoms with Crippen LogP contribution in [0.3, 0.4) is 0 Å². The van der Waals surface area contributed by atoms with Crippen molar-refractivity contribution in [2.45, 2.75) is 13.1 Å². The van der Waals surface area contributed by atoms with Crippen LogP contribution in [0.5, 0.6) is 0 Å². The SMILES string of the molecule is CN1CCN=C1c1cccc(CN2C(=O)CN(C(=O)c3ccc(Cl)cc3)Cc3ccccc32)c1. The maximum atomic E-state index is 13.5. The standard InChI is InChI=1S/C27H25ClN4O2/c1-30-14-13-29-26(30)21-7-4-5-19(15-21)16-32-24-8-3-2-6-22(24)17-31(18-25(32)33)27(34)20-9-11-23(28)12-10-20/h2-12,15H,13-14,16-18H2,1H3. The molecule has 2 aliphatic heterocycles. The highest BCUT2D eigenvalue weighted by molar-refractivity contribution is 6.30. The maximum Gasteiger partial charge on any atom is 0.254 e. The van der Waals surface area contributed by atoms with E-state index in [0.29, 0.717) is 23.7 Å². The van der Waals surface area contributed by atoms with Crippen LogP contribution in [0.4, 0.5) is 5.69 Å². The molecule has 7 heteroatoms. The molecule has 0 saturated heterocycles. The number of benzene rings is 3. The minimum absolute atomic E-state index is 0.00523. The lowest BCUT2D eigenvalue weighted by Crippen LogP contribution is -2.39. The first-order valence-corrected chi connectivity index (χ1v) is 11.7. The molecule has 0 aliphatic carbocycles. The summed E-state index contributed by atoms with van der Waals surface area (Å²) < 4.78 is 0. The number of amidine groups is 1. The number of carbonyl (C=O) groups excluding carboxylic acids is 2. The highest BCUT2D eigenvalue weighted by Crippen LogP contribution is 2.28. The van der Waals surface area contributed by atoms with E-state index in [-0.39, 0.29) is 18.4 Å². The summed E-state index contributed by atoms with van der Waals surface area (Å²) in [4.78, 5) is 36.8. The van der Waals surface area contributed by atoms with Gasteiger partial charge in [-0.05, 0) is 47.5 Å². The Morgan fingerprint density at radius 1 is 1.00 bits per heavy atom. The molecule has 0 atom stereocenters. The van der Waals surface area contributed by atoms with Crippen LogP contribution in [-0.2, 0) is 17.9 Å². The molecule has 2 heterocycles. The molecule has 0 unspecified atom stereocenters. The Bertz CT molecular complexity index is 1270. The van der Waals surface area contributed by atoms with Gasteiger partial charge in [-0.15, -0.1) is 0 Å². The van der Waals surface area contributed by atoms with Crippen LogP contribution >= 0.6 is 11.6 Å². The number of hydrogen-bond acceptors (Lipinski definition) is 4. The highest BCUT2D eigenvalue weighted by atomic mass is 35.5. The van der Waals surface area contributed by atoms with Gasteiger partial charge in [-0.25, -0.2) is 0 Å². The van der Waals surface area contributed by atoms with Crippen molar-refractivity contribution in [1.29, 1.82) is 0 Å². The molecule has 3 aromatic carbocycles. The molecule has 0 radical (unpaired) electrons. The van der Waals surface area contributed by atoms with Gasteiger partial charge in [-0.2, -0.15) is 0 Å². The number of likely N-dealkylation sites (N-methyl/N-ethyl adjacent to an activating group) is 1. The van der Waals surface area contributed by atoms with E-state index in [9.17, 15) is 9.59 Å². The zero-order chi connectivity index (χ0) is 23.7. The third-order valence-electron chi connectivity index (χ3n) is 6.23. The van der Waals surface area contributed by atoms with Crippen LogP contribution in [-0.4, -0.2) is 54.1 Å². The van der Waals surface area contributed by atoms with Crippen LogP contribution in [0.2, 0.25) is 5.02 Å². The number of fused-ring (bicyclic) bond motifs is 1. The van der Waals surface area contributed by atoms with Gasteiger partial charge in [-0.1, -0.05) is 48.0 Å². The summed E-state index contributed by atoms with van der Waals surface area (Å²) in [5.41, 5.74) is 4.34. The number of nitrogens with zero attached hydrogens (tertiary/aromatic N) is 4. The van der Waals surface area contributed by atoms with Crippen molar-refractivity contribution in [2.24, 2.45) is 4.99 Å².